The van der Waals surface area contributed by atoms with Crippen LogP contribution in [0.2, 0.25) is 0 Å². The lowest BCUT2D eigenvalue weighted by molar-refractivity contribution is -0.118. The lowest BCUT2D eigenvalue weighted by atomic mass is 10.2. The zero-order valence-corrected chi connectivity index (χ0v) is 9.78. The number of nitrogens with one attached hydrogen (secondary N) is 3. The zero-order chi connectivity index (χ0) is 13.1. The summed E-state index contributed by atoms with van der Waals surface area (Å²) in [6.45, 7) is 0.0416. The Kier molecular flexibility index (Phi) is 3.13. The third kappa shape index (κ3) is 2.40. The summed E-state index contributed by atoms with van der Waals surface area (Å²) in [4.78, 5) is 29.6. The van der Waals surface area contributed by atoms with E-state index in [1.165, 1.54) is 7.05 Å². The number of nitrogen functional groups attached to an aromatic ring is 1. The lowest BCUT2D eigenvalue weighted by Crippen LogP contribution is -2.27. The Morgan fingerprint density at radius 3 is 3.00 bits per heavy atom. The molecule has 0 saturated heterocycles. The van der Waals surface area contributed by atoms with E-state index in [0.717, 1.165) is 0 Å². The molecule has 1 amide bonds. The van der Waals surface area contributed by atoms with E-state index in [1.54, 1.807) is 18.2 Å². The third-order valence-electron chi connectivity index (χ3n) is 2.42. The summed E-state index contributed by atoms with van der Waals surface area (Å²) in [5, 5.41) is 5.61. The van der Waals surface area contributed by atoms with Gasteiger partial charge in [-0.15, -0.1) is 0 Å². The SMILES string of the molecule is CNC(=O)CNc1nc2ccc(N)cc2c(=O)[nH]1. The number of carbonyl (C=O) groups excluding carboxylic acids is 1. The van der Waals surface area contributed by atoms with Crippen molar-refractivity contribution in [2.75, 3.05) is 24.6 Å². The van der Waals surface area contributed by atoms with Gasteiger partial charge in [-0.2, -0.15) is 0 Å². The molecule has 0 unspecified atom stereocenters. The number of likely N-dealkylation sites (N-methyl/N-ethyl adjacent to an activating group) is 1. The molecule has 0 saturated carbocycles. The minimum atomic E-state index is -0.299. The summed E-state index contributed by atoms with van der Waals surface area (Å²) in [5.74, 6) is 0.0518. The fourth-order valence-electron chi connectivity index (χ4n) is 1.49. The molecule has 18 heavy (non-hydrogen) atoms. The Hall–Kier alpha value is -2.57. The smallest absolute Gasteiger partial charge is 0.260 e. The topological polar surface area (TPSA) is 113 Å². The van der Waals surface area contributed by atoms with E-state index < -0.39 is 0 Å². The molecule has 7 heteroatoms. The second-order valence-electron chi connectivity index (χ2n) is 3.72. The van der Waals surface area contributed by atoms with Crippen LogP contribution in [0.25, 0.3) is 10.9 Å². The highest BCUT2D eigenvalue weighted by Crippen LogP contribution is 2.12. The number of carbonyl (C=O) groups is 1. The number of aromatic amines is 1. The minimum absolute atomic E-state index is 0.0416. The number of anilines is 2. The first-order valence-electron chi connectivity index (χ1n) is 5.34. The van der Waals surface area contributed by atoms with Gasteiger partial charge in [-0.1, -0.05) is 0 Å². The van der Waals surface area contributed by atoms with Gasteiger partial charge in [0.15, 0.2) is 0 Å². The molecule has 1 aromatic heterocycles. The highest BCUT2D eigenvalue weighted by Gasteiger charge is 2.05. The van der Waals surface area contributed by atoms with Gasteiger partial charge in [0.05, 0.1) is 17.4 Å². The first-order valence-corrected chi connectivity index (χ1v) is 5.34. The number of hydrogen-bond donors (Lipinski definition) is 4. The molecular weight excluding hydrogens is 234 g/mol. The van der Waals surface area contributed by atoms with Gasteiger partial charge in [0, 0.05) is 12.7 Å². The summed E-state index contributed by atoms with van der Waals surface area (Å²) in [7, 11) is 1.53. The maximum absolute atomic E-state index is 11.8. The highest BCUT2D eigenvalue weighted by molar-refractivity contribution is 5.83. The number of rotatable bonds is 3. The number of nitrogens with two attached hydrogens (primary N) is 1. The van der Waals surface area contributed by atoms with Crippen LogP contribution in [-0.4, -0.2) is 29.5 Å². The molecule has 0 bridgehead atoms. The van der Waals surface area contributed by atoms with Gasteiger partial charge < -0.3 is 16.4 Å². The van der Waals surface area contributed by atoms with E-state index in [4.69, 9.17) is 5.73 Å². The van der Waals surface area contributed by atoms with Crippen molar-refractivity contribution in [2.24, 2.45) is 0 Å². The average molecular weight is 247 g/mol. The van der Waals surface area contributed by atoms with Gasteiger partial charge in [-0.05, 0) is 18.2 Å². The van der Waals surface area contributed by atoms with Crippen molar-refractivity contribution in [3.05, 3.63) is 28.6 Å². The quantitative estimate of drug-likeness (QED) is 0.554. The van der Waals surface area contributed by atoms with Crippen LogP contribution in [0.3, 0.4) is 0 Å². The number of benzene rings is 1. The number of fused-ring (bicyclic) bond motifs is 1. The fraction of sp³-hybridized carbons (Fsp3) is 0.182. The van der Waals surface area contributed by atoms with E-state index >= 15 is 0 Å². The molecule has 2 aromatic rings. The zero-order valence-electron chi connectivity index (χ0n) is 9.78. The molecule has 0 aliphatic heterocycles. The van der Waals surface area contributed by atoms with Crippen molar-refractivity contribution in [3.8, 4) is 0 Å². The van der Waals surface area contributed by atoms with E-state index in [0.29, 0.717) is 16.6 Å². The maximum atomic E-state index is 11.8. The molecule has 0 spiro atoms. The molecule has 0 aliphatic rings. The Morgan fingerprint density at radius 2 is 2.28 bits per heavy atom. The largest absolute Gasteiger partial charge is 0.399 e. The van der Waals surface area contributed by atoms with Crippen LogP contribution in [0.15, 0.2) is 23.0 Å². The molecule has 2 rings (SSSR count). The monoisotopic (exact) mass is 247 g/mol. The van der Waals surface area contributed by atoms with E-state index in [2.05, 4.69) is 20.6 Å². The van der Waals surface area contributed by atoms with Crippen molar-refractivity contribution in [1.82, 2.24) is 15.3 Å². The van der Waals surface area contributed by atoms with Crippen molar-refractivity contribution in [1.29, 1.82) is 0 Å². The summed E-state index contributed by atoms with van der Waals surface area (Å²) in [5.41, 5.74) is 6.32. The number of aromatic nitrogens is 2. The van der Waals surface area contributed by atoms with Crippen LogP contribution < -0.4 is 21.9 Å². The predicted molar refractivity (Wildman–Crippen MR) is 69.3 cm³/mol. The van der Waals surface area contributed by atoms with Crippen LogP contribution in [0.5, 0.6) is 0 Å². The molecule has 1 aromatic carbocycles. The number of H-pyrrole nitrogens is 1. The molecule has 0 aliphatic carbocycles. The van der Waals surface area contributed by atoms with Gasteiger partial charge in [-0.25, -0.2) is 4.98 Å². The maximum Gasteiger partial charge on any atom is 0.260 e. The van der Waals surface area contributed by atoms with Crippen molar-refractivity contribution in [3.63, 3.8) is 0 Å². The molecule has 94 valence electrons. The van der Waals surface area contributed by atoms with Crippen molar-refractivity contribution >= 4 is 28.4 Å². The van der Waals surface area contributed by atoms with Gasteiger partial charge in [0.1, 0.15) is 0 Å². The van der Waals surface area contributed by atoms with Crippen LogP contribution in [0, 0.1) is 0 Å². The Morgan fingerprint density at radius 1 is 1.50 bits per heavy atom. The van der Waals surface area contributed by atoms with Gasteiger partial charge in [0.2, 0.25) is 11.9 Å². The Bertz CT molecular complexity index is 649. The summed E-state index contributed by atoms with van der Waals surface area (Å²) in [6, 6.07) is 4.88. The lowest BCUT2D eigenvalue weighted by Gasteiger charge is -2.05. The molecule has 0 radical (unpaired) electrons. The van der Waals surface area contributed by atoms with Crippen LogP contribution in [0.1, 0.15) is 0 Å². The molecule has 5 N–H and O–H groups in total. The number of hydrogen-bond acceptors (Lipinski definition) is 5. The van der Waals surface area contributed by atoms with Gasteiger partial charge in [-0.3, -0.25) is 14.6 Å². The number of nitrogens with zero attached hydrogens (tertiary/aromatic N) is 1. The molecule has 1 heterocycles. The van der Waals surface area contributed by atoms with Crippen LogP contribution in [0.4, 0.5) is 11.6 Å². The third-order valence-corrected chi connectivity index (χ3v) is 2.42. The molecular formula is C11H13N5O2. The number of amides is 1. The summed E-state index contributed by atoms with van der Waals surface area (Å²) in [6.07, 6.45) is 0. The Labute approximate surface area is 102 Å². The first-order chi connectivity index (χ1) is 8.60. The van der Waals surface area contributed by atoms with Crippen molar-refractivity contribution < 1.29 is 4.79 Å². The second kappa shape index (κ2) is 4.74. The van der Waals surface area contributed by atoms with Crippen molar-refractivity contribution in [2.45, 2.75) is 0 Å². The molecule has 0 atom stereocenters. The second-order valence-corrected chi connectivity index (χ2v) is 3.72. The highest BCUT2D eigenvalue weighted by atomic mass is 16.2. The van der Waals surface area contributed by atoms with Gasteiger partial charge in [0.25, 0.3) is 5.56 Å². The average Bonchev–Trinajstić information content (AvgIpc) is 2.37. The van der Waals surface area contributed by atoms with E-state index in [-0.39, 0.29) is 24.0 Å². The first kappa shape index (κ1) is 11.9. The van der Waals surface area contributed by atoms with E-state index in [1.807, 2.05) is 0 Å². The van der Waals surface area contributed by atoms with Crippen LogP contribution in [-0.2, 0) is 4.79 Å². The fourth-order valence-corrected chi connectivity index (χ4v) is 1.49. The predicted octanol–water partition coefficient (Wildman–Crippen LogP) is -0.337. The molecule has 0 fully saturated rings. The molecule has 7 nitrogen and oxygen atoms in total. The minimum Gasteiger partial charge on any atom is -0.399 e. The normalized spacial score (nSPS) is 10.3. The van der Waals surface area contributed by atoms with Crippen LogP contribution >= 0.6 is 0 Å². The summed E-state index contributed by atoms with van der Waals surface area (Å²) < 4.78 is 0. The Balaban J connectivity index is 2.34. The standard InChI is InChI=1S/C11H13N5O2/c1-13-9(17)5-14-11-15-8-3-2-6(12)4-7(8)10(18)16-11/h2-4H,5,12H2,1H3,(H,13,17)(H2,14,15,16,18). The summed E-state index contributed by atoms with van der Waals surface area (Å²) >= 11 is 0. The van der Waals surface area contributed by atoms with Gasteiger partial charge >= 0.3 is 0 Å². The van der Waals surface area contributed by atoms with E-state index in [9.17, 15) is 9.59 Å².